The molecule has 0 saturated carbocycles. The van der Waals surface area contributed by atoms with E-state index < -0.39 is 0 Å². The summed E-state index contributed by atoms with van der Waals surface area (Å²) in [5, 5.41) is 1.16. The zero-order valence-corrected chi connectivity index (χ0v) is 12.5. The summed E-state index contributed by atoms with van der Waals surface area (Å²) >= 11 is 11.9. The Hall–Kier alpha value is -1.09. The molecule has 2 N–H and O–H groups in total. The molecule has 1 atom stereocenters. The monoisotopic (exact) mass is 311 g/mol. The van der Waals surface area contributed by atoms with Crippen LogP contribution in [0, 0.1) is 11.7 Å². The summed E-state index contributed by atoms with van der Waals surface area (Å²) < 4.78 is 13.8. The normalized spacial score (nSPS) is 12.4. The van der Waals surface area contributed by atoms with Crippen molar-refractivity contribution in [3.8, 4) is 0 Å². The second-order valence-corrected chi connectivity index (χ2v) is 5.68. The molecule has 0 aromatic heterocycles. The van der Waals surface area contributed by atoms with Crippen LogP contribution in [0.15, 0.2) is 42.5 Å². The van der Waals surface area contributed by atoms with E-state index in [4.69, 9.17) is 28.9 Å². The van der Waals surface area contributed by atoms with E-state index in [2.05, 4.69) is 0 Å². The van der Waals surface area contributed by atoms with E-state index in [9.17, 15) is 4.39 Å². The molecule has 0 amide bonds. The Labute approximate surface area is 128 Å². The fourth-order valence-electron chi connectivity index (χ4n) is 2.21. The fourth-order valence-corrected chi connectivity index (χ4v) is 2.57. The largest absolute Gasteiger partial charge is 0.330 e. The quantitative estimate of drug-likeness (QED) is 0.865. The Kier molecular flexibility index (Phi) is 5.41. The smallest absolute Gasteiger partial charge is 0.127 e. The topological polar surface area (TPSA) is 26.0 Å². The second-order valence-electron chi connectivity index (χ2n) is 4.84. The zero-order valence-electron chi connectivity index (χ0n) is 11.0. The highest BCUT2D eigenvalue weighted by Gasteiger charge is 2.14. The van der Waals surface area contributed by atoms with Crippen molar-refractivity contribution >= 4 is 23.2 Å². The van der Waals surface area contributed by atoms with Gasteiger partial charge in [-0.25, -0.2) is 4.39 Å². The maximum absolute atomic E-state index is 13.8. The molecule has 0 heterocycles. The van der Waals surface area contributed by atoms with Gasteiger partial charge in [-0.3, -0.25) is 0 Å². The molecule has 0 saturated heterocycles. The highest BCUT2D eigenvalue weighted by atomic mass is 35.5. The Morgan fingerprint density at radius 1 is 1.00 bits per heavy atom. The SMILES string of the molecule is NCC(Cc1ccc(Cl)cc1)Cc1c(F)cccc1Cl. The van der Waals surface area contributed by atoms with Gasteiger partial charge in [-0.1, -0.05) is 41.4 Å². The molecular formula is C16H16Cl2FN. The number of hydrogen-bond acceptors (Lipinski definition) is 1. The average molecular weight is 312 g/mol. The Morgan fingerprint density at radius 2 is 1.70 bits per heavy atom. The van der Waals surface area contributed by atoms with Crippen molar-refractivity contribution in [2.45, 2.75) is 12.8 Å². The van der Waals surface area contributed by atoms with E-state index >= 15 is 0 Å². The number of rotatable bonds is 5. The molecule has 0 aliphatic heterocycles. The molecule has 1 nitrogen and oxygen atoms in total. The van der Waals surface area contributed by atoms with Crippen LogP contribution in [-0.4, -0.2) is 6.54 Å². The molecule has 4 heteroatoms. The molecule has 0 aliphatic rings. The van der Waals surface area contributed by atoms with E-state index in [-0.39, 0.29) is 11.7 Å². The second kappa shape index (κ2) is 7.07. The van der Waals surface area contributed by atoms with Crippen LogP contribution in [0.5, 0.6) is 0 Å². The maximum atomic E-state index is 13.8. The highest BCUT2D eigenvalue weighted by Crippen LogP contribution is 2.24. The maximum Gasteiger partial charge on any atom is 0.127 e. The van der Waals surface area contributed by atoms with Crippen molar-refractivity contribution in [3.63, 3.8) is 0 Å². The van der Waals surface area contributed by atoms with Gasteiger partial charge < -0.3 is 5.73 Å². The molecule has 0 spiro atoms. The first kappa shape index (κ1) is 15.3. The van der Waals surface area contributed by atoms with Gasteiger partial charge in [0.2, 0.25) is 0 Å². The first-order valence-corrected chi connectivity index (χ1v) is 7.23. The zero-order chi connectivity index (χ0) is 14.5. The number of benzene rings is 2. The molecule has 0 fully saturated rings. The summed E-state index contributed by atoms with van der Waals surface area (Å²) in [6.45, 7) is 0.479. The van der Waals surface area contributed by atoms with Crippen molar-refractivity contribution in [3.05, 3.63) is 69.5 Å². The summed E-state index contributed by atoms with van der Waals surface area (Å²) in [5.74, 6) is -0.127. The fraction of sp³-hybridized carbons (Fsp3) is 0.250. The van der Waals surface area contributed by atoms with Crippen LogP contribution in [0.4, 0.5) is 4.39 Å². The molecule has 20 heavy (non-hydrogen) atoms. The lowest BCUT2D eigenvalue weighted by atomic mass is 9.92. The standard InChI is InChI=1S/C16H16Cl2FN/c17-13-6-4-11(5-7-13)8-12(10-20)9-14-15(18)2-1-3-16(14)19/h1-7,12H,8-10,20H2. The van der Waals surface area contributed by atoms with Crippen molar-refractivity contribution in [1.29, 1.82) is 0 Å². The van der Waals surface area contributed by atoms with Gasteiger partial charge in [0.25, 0.3) is 0 Å². The van der Waals surface area contributed by atoms with Gasteiger partial charge in [0.05, 0.1) is 0 Å². The number of halogens is 3. The van der Waals surface area contributed by atoms with Crippen molar-refractivity contribution < 1.29 is 4.39 Å². The molecule has 0 aliphatic carbocycles. The van der Waals surface area contributed by atoms with E-state index in [0.717, 1.165) is 12.0 Å². The predicted molar refractivity (Wildman–Crippen MR) is 82.8 cm³/mol. The van der Waals surface area contributed by atoms with E-state index in [1.54, 1.807) is 12.1 Å². The van der Waals surface area contributed by atoms with Gasteiger partial charge in [-0.2, -0.15) is 0 Å². The summed E-state index contributed by atoms with van der Waals surface area (Å²) in [5.41, 5.74) is 7.48. The van der Waals surface area contributed by atoms with Crippen molar-refractivity contribution in [1.82, 2.24) is 0 Å². The van der Waals surface area contributed by atoms with Gasteiger partial charge in [-0.05, 0) is 55.1 Å². The van der Waals surface area contributed by atoms with Crippen LogP contribution in [0.1, 0.15) is 11.1 Å². The molecule has 106 valence electrons. The number of nitrogens with two attached hydrogens (primary N) is 1. The first-order valence-electron chi connectivity index (χ1n) is 6.47. The van der Waals surface area contributed by atoms with Crippen LogP contribution in [0.3, 0.4) is 0 Å². The Bertz CT molecular complexity index is 549. The lowest BCUT2D eigenvalue weighted by Gasteiger charge is -2.16. The summed E-state index contributed by atoms with van der Waals surface area (Å²) in [6.07, 6.45) is 1.31. The molecule has 2 aromatic rings. The van der Waals surface area contributed by atoms with Crippen LogP contribution in [-0.2, 0) is 12.8 Å². The van der Waals surface area contributed by atoms with Crippen molar-refractivity contribution in [2.75, 3.05) is 6.54 Å². The van der Waals surface area contributed by atoms with Gasteiger partial charge >= 0.3 is 0 Å². The van der Waals surface area contributed by atoms with Gasteiger partial charge in [0.15, 0.2) is 0 Å². The van der Waals surface area contributed by atoms with Gasteiger partial charge in [0, 0.05) is 15.6 Å². The molecule has 0 bridgehead atoms. The van der Waals surface area contributed by atoms with E-state index in [1.165, 1.54) is 6.07 Å². The molecule has 2 rings (SSSR count). The summed E-state index contributed by atoms with van der Waals surface area (Å²) in [6, 6.07) is 12.4. The average Bonchev–Trinajstić information content (AvgIpc) is 2.44. The van der Waals surface area contributed by atoms with Crippen LogP contribution in [0.25, 0.3) is 0 Å². The molecule has 0 radical (unpaired) electrons. The Balaban J connectivity index is 2.11. The Morgan fingerprint density at radius 3 is 2.30 bits per heavy atom. The predicted octanol–water partition coefficient (Wildman–Crippen LogP) is 4.49. The minimum Gasteiger partial charge on any atom is -0.330 e. The van der Waals surface area contributed by atoms with E-state index in [1.807, 2.05) is 24.3 Å². The van der Waals surface area contributed by atoms with Gasteiger partial charge in [0.1, 0.15) is 5.82 Å². The minimum atomic E-state index is -0.271. The molecule has 1 unspecified atom stereocenters. The lowest BCUT2D eigenvalue weighted by Crippen LogP contribution is -2.20. The van der Waals surface area contributed by atoms with E-state index in [0.29, 0.717) is 28.6 Å². The third kappa shape index (κ3) is 3.95. The van der Waals surface area contributed by atoms with Crippen LogP contribution < -0.4 is 5.73 Å². The van der Waals surface area contributed by atoms with Crippen molar-refractivity contribution in [2.24, 2.45) is 11.7 Å². The minimum absolute atomic E-state index is 0.144. The van der Waals surface area contributed by atoms with Crippen LogP contribution >= 0.6 is 23.2 Å². The molecular weight excluding hydrogens is 296 g/mol. The van der Waals surface area contributed by atoms with Gasteiger partial charge in [-0.15, -0.1) is 0 Å². The molecule has 2 aromatic carbocycles. The third-order valence-electron chi connectivity index (χ3n) is 3.33. The third-order valence-corrected chi connectivity index (χ3v) is 3.93. The summed E-state index contributed by atoms with van der Waals surface area (Å²) in [7, 11) is 0. The first-order chi connectivity index (χ1) is 9.60. The number of hydrogen-bond donors (Lipinski definition) is 1. The summed E-state index contributed by atoms with van der Waals surface area (Å²) in [4.78, 5) is 0. The lowest BCUT2D eigenvalue weighted by molar-refractivity contribution is 0.512. The van der Waals surface area contributed by atoms with Crippen LogP contribution in [0.2, 0.25) is 10.0 Å². The highest BCUT2D eigenvalue weighted by molar-refractivity contribution is 6.31.